The summed E-state index contributed by atoms with van der Waals surface area (Å²) in [6.45, 7) is 9.16. The molecule has 0 aliphatic heterocycles. The summed E-state index contributed by atoms with van der Waals surface area (Å²) in [5.41, 5.74) is 2.93. The Labute approximate surface area is 159 Å². The molecule has 0 unspecified atom stereocenters. The van der Waals surface area contributed by atoms with E-state index in [0.29, 0.717) is 16.9 Å². The molecule has 0 aliphatic carbocycles. The summed E-state index contributed by atoms with van der Waals surface area (Å²) < 4.78 is 12.7. The molecular weight excluding hydrogens is 344 g/mol. The van der Waals surface area contributed by atoms with E-state index in [0.717, 1.165) is 11.4 Å². The third-order valence-corrected chi connectivity index (χ3v) is 4.27. The summed E-state index contributed by atoms with van der Waals surface area (Å²) in [6.07, 6.45) is -0.867. The Balaban J connectivity index is 1.95. The van der Waals surface area contributed by atoms with E-state index < -0.39 is 12.1 Å². The highest BCUT2D eigenvalue weighted by atomic mass is 16.6. The zero-order valence-electron chi connectivity index (χ0n) is 16.3. The van der Waals surface area contributed by atoms with Crippen molar-refractivity contribution in [3.8, 4) is 11.8 Å². The van der Waals surface area contributed by atoms with E-state index in [1.165, 1.54) is 0 Å². The first-order valence-corrected chi connectivity index (χ1v) is 8.79. The third kappa shape index (κ3) is 4.76. The fraction of sp³-hybridized carbons (Fsp3) is 0.381. The Kier molecular flexibility index (Phi) is 6.40. The molecule has 1 atom stereocenters. The van der Waals surface area contributed by atoms with Gasteiger partial charge in [-0.25, -0.2) is 4.79 Å². The lowest BCUT2D eigenvalue weighted by molar-refractivity contribution is -0.149. The smallest absolute Gasteiger partial charge is 0.347 e. The highest BCUT2D eigenvalue weighted by molar-refractivity contribution is 5.99. The van der Waals surface area contributed by atoms with Gasteiger partial charge in [-0.1, -0.05) is 0 Å². The third-order valence-electron chi connectivity index (χ3n) is 4.27. The van der Waals surface area contributed by atoms with E-state index in [-0.39, 0.29) is 18.4 Å². The molecule has 142 valence electrons. The van der Waals surface area contributed by atoms with Gasteiger partial charge < -0.3 is 14.0 Å². The van der Waals surface area contributed by atoms with Crippen molar-refractivity contribution in [2.24, 2.45) is 0 Å². The lowest BCUT2D eigenvalue weighted by Gasteiger charge is -2.14. The molecule has 1 aromatic heterocycles. The van der Waals surface area contributed by atoms with Crippen LogP contribution in [-0.2, 0) is 9.53 Å². The van der Waals surface area contributed by atoms with Gasteiger partial charge in [-0.15, -0.1) is 0 Å². The number of aryl methyl sites for hydroxylation is 1. The number of Topliss-reactive ketones (excluding diaryl/α,β-unsaturated/α-hetero) is 1. The van der Waals surface area contributed by atoms with Gasteiger partial charge >= 0.3 is 5.97 Å². The average molecular weight is 368 g/mol. The molecule has 0 fully saturated rings. The SMILES string of the molecule is Cc1cc(C(=O)COC(=O)[C@@H](C)Oc2ccc(C#N)cc2)c(C)n1C(C)C. The highest BCUT2D eigenvalue weighted by Crippen LogP contribution is 2.21. The molecule has 6 heteroatoms. The lowest BCUT2D eigenvalue weighted by Crippen LogP contribution is -2.28. The van der Waals surface area contributed by atoms with Gasteiger partial charge in [0.2, 0.25) is 5.78 Å². The lowest BCUT2D eigenvalue weighted by atomic mass is 10.1. The second kappa shape index (κ2) is 8.54. The van der Waals surface area contributed by atoms with Crippen LogP contribution in [0.1, 0.15) is 54.1 Å². The number of esters is 1. The number of nitrogens with zero attached hydrogens (tertiary/aromatic N) is 2. The van der Waals surface area contributed by atoms with Crippen molar-refractivity contribution >= 4 is 11.8 Å². The Morgan fingerprint density at radius 2 is 1.78 bits per heavy atom. The Bertz CT molecular complexity index is 873. The molecular formula is C21H24N2O4. The van der Waals surface area contributed by atoms with Gasteiger partial charge in [0, 0.05) is 23.0 Å². The van der Waals surface area contributed by atoms with Crippen LogP contribution in [0.5, 0.6) is 5.75 Å². The van der Waals surface area contributed by atoms with Gasteiger partial charge in [0.25, 0.3) is 0 Å². The molecule has 0 saturated carbocycles. The maximum absolute atomic E-state index is 12.4. The standard InChI is InChI=1S/C21H24N2O4/c1-13(2)23-14(3)10-19(15(23)4)20(24)12-26-21(25)16(5)27-18-8-6-17(11-22)7-9-18/h6-10,13,16H,12H2,1-5H3/t16-/m1/s1. The zero-order chi connectivity index (χ0) is 20.1. The van der Waals surface area contributed by atoms with E-state index in [9.17, 15) is 9.59 Å². The number of rotatable bonds is 7. The van der Waals surface area contributed by atoms with Crippen LogP contribution >= 0.6 is 0 Å². The Morgan fingerprint density at radius 3 is 2.30 bits per heavy atom. The van der Waals surface area contributed by atoms with Gasteiger partial charge in [0.15, 0.2) is 12.7 Å². The molecule has 0 amide bonds. The summed E-state index contributed by atoms with van der Waals surface area (Å²) in [6, 6.07) is 10.5. The van der Waals surface area contributed by atoms with Crippen LogP contribution in [0.25, 0.3) is 0 Å². The summed E-state index contributed by atoms with van der Waals surface area (Å²) in [7, 11) is 0. The number of carbonyl (C=O) groups is 2. The molecule has 27 heavy (non-hydrogen) atoms. The van der Waals surface area contributed by atoms with Crippen LogP contribution in [0.3, 0.4) is 0 Å². The van der Waals surface area contributed by atoms with Gasteiger partial charge in [0.05, 0.1) is 11.6 Å². The zero-order valence-corrected chi connectivity index (χ0v) is 16.3. The molecule has 2 aromatic rings. The minimum Gasteiger partial charge on any atom is -0.479 e. The number of carbonyl (C=O) groups excluding carboxylic acids is 2. The van der Waals surface area contributed by atoms with E-state index in [1.54, 1.807) is 31.2 Å². The number of hydrogen-bond acceptors (Lipinski definition) is 5. The van der Waals surface area contributed by atoms with Gasteiger partial charge in [-0.3, -0.25) is 4.79 Å². The maximum Gasteiger partial charge on any atom is 0.347 e. The quantitative estimate of drug-likeness (QED) is 0.549. The molecule has 6 nitrogen and oxygen atoms in total. The highest BCUT2D eigenvalue weighted by Gasteiger charge is 2.21. The average Bonchev–Trinajstić information content (AvgIpc) is 2.94. The van der Waals surface area contributed by atoms with Crippen LogP contribution in [0, 0.1) is 25.2 Å². The van der Waals surface area contributed by atoms with E-state index in [1.807, 2.05) is 26.0 Å². The van der Waals surface area contributed by atoms with Crippen LogP contribution in [0.2, 0.25) is 0 Å². The van der Waals surface area contributed by atoms with E-state index >= 15 is 0 Å². The first kappa shape index (κ1) is 20.2. The molecule has 1 heterocycles. The first-order chi connectivity index (χ1) is 12.7. The molecule has 0 aliphatic rings. The summed E-state index contributed by atoms with van der Waals surface area (Å²) >= 11 is 0. The fourth-order valence-corrected chi connectivity index (χ4v) is 3.05. The van der Waals surface area contributed by atoms with Crippen molar-refractivity contribution in [1.29, 1.82) is 5.26 Å². The van der Waals surface area contributed by atoms with Crippen molar-refractivity contribution < 1.29 is 19.1 Å². The number of ether oxygens (including phenoxy) is 2. The molecule has 0 N–H and O–H groups in total. The van der Waals surface area contributed by atoms with E-state index in [4.69, 9.17) is 14.7 Å². The van der Waals surface area contributed by atoms with Crippen molar-refractivity contribution in [3.63, 3.8) is 0 Å². The summed E-state index contributed by atoms with van der Waals surface area (Å²) in [5, 5.41) is 8.78. The largest absolute Gasteiger partial charge is 0.479 e. The number of nitriles is 1. The van der Waals surface area contributed by atoms with Crippen LogP contribution < -0.4 is 4.74 Å². The Morgan fingerprint density at radius 1 is 1.15 bits per heavy atom. The summed E-state index contributed by atoms with van der Waals surface area (Å²) in [4.78, 5) is 24.6. The minimum absolute atomic E-state index is 0.242. The van der Waals surface area contributed by atoms with Gasteiger partial charge in [-0.2, -0.15) is 5.26 Å². The van der Waals surface area contributed by atoms with Crippen LogP contribution in [0.4, 0.5) is 0 Å². The molecule has 0 radical (unpaired) electrons. The molecule has 0 saturated heterocycles. The molecule has 0 spiro atoms. The second-order valence-corrected chi connectivity index (χ2v) is 6.68. The monoisotopic (exact) mass is 368 g/mol. The predicted octanol–water partition coefficient (Wildman–Crippen LogP) is 3.75. The van der Waals surface area contributed by atoms with Crippen molar-refractivity contribution in [2.45, 2.75) is 46.8 Å². The van der Waals surface area contributed by atoms with Crippen LogP contribution in [-0.4, -0.2) is 29.0 Å². The normalized spacial score (nSPS) is 11.7. The minimum atomic E-state index is -0.867. The Hall–Kier alpha value is -3.07. The van der Waals surface area contributed by atoms with Gasteiger partial charge in [0.1, 0.15) is 5.75 Å². The number of benzene rings is 1. The van der Waals surface area contributed by atoms with Crippen LogP contribution in [0.15, 0.2) is 30.3 Å². The maximum atomic E-state index is 12.4. The topological polar surface area (TPSA) is 81.3 Å². The van der Waals surface area contributed by atoms with Gasteiger partial charge in [-0.05, 0) is 65.0 Å². The van der Waals surface area contributed by atoms with Crippen molar-refractivity contribution in [1.82, 2.24) is 4.57 Å². The second-order valence-electron chi connectivity index (χ2n) is 6.68. The van der Waals surface area contributed by atoms with E-state index in [2.05, 4.69) is 18.4 Å². The number of hydrogen-bond donors (Lipinski definition) is 0. The first-order valence-electron chi connectivity index (χ1n) is 8.79. The molecule has 2 rings (SSSR count). The predicted molar refractivity (Wildman–Crippen MR) is 101 cm³/mol. The van der Waals surface area contributed by atoms with Crippen molar-refractivity contribution in [3.05, 3.63) is 52.8 Å². The fourth-order valence-electron chi connectivity index (χ4n) is 3.05. The molecule has 1 aromatic carbocycles. The van der Waals surface area contributed by atoms with Crippen molar-refractivity contribution in [2.75, 3.05) is 6.61 Å². The molecule has 0 bridgehead atoms. The number of ketones is 1. The number of aromatic nitrogens is 1. The summed E-state index contributed by atoms with van der Waals surface area (Å²) in [5.74, 6) is -0.412.